The van der Waals surface area contributed by atoms with Crippen molar-refractivity contribution in [3.8, 4) is 0 Å². The third-order valence-electron chi connectivity index (χ3n) is 2.45. The molecule has 0 aromatic heterocycles. The average molecular weight is 180 g/mol. The Labute approximate surface area is 81.5 Å². The highest BCUT2D eigenvalue weighted by Crippen LogP contribution is 2.29. The van der Waals surface area contributed by atoms with Gasteiger partial charge in [0, 0.05) is 0 Å². The van der Waals surface area contributed by atoms with Gasteiger partial charge in [-0.1, -0.05) is 11.6 Å². The highest BCUT2D eigenvalue weighted by Gasteiger charge is 2.14. The summed E-state index contributed by atoms with van der Waals surface area (Å²) >= 11 is 0. The molecule has 13 heavy (non-hydrogen) atoms. The van der Waals surface area contributed by atoms with E-state index >= 15 is 0 Å². The monoisotopic (exact) mass is 180 g/mol. The van der Waals surface area contributed by atoms with Crippen LogP contribution in [0.15, 0.2) is 23.5 Å². The van der Waals surface area contributed by atoms with Crippen molar-refractivity contribution in [2.75, 3.05) is 7.11 Å². The van der Waals surface area contributed by atoms with Crippen LogP contribution in [0.25, 0.3) is 0 Å². The van der Waals surface area contributed by atoms with Gasteiger partial charge in [-0.2, -0.15) is 0 Å². The second kappa shape index (κ2) is 5.11. The molecule has 74 valence electrons. The lowest BCUT2D eigenvalue weighted by atomic mass is 9.85. The maximum absolute atomic E-state index is 5.05. The molecule has 1 rings (SSSR count). The summed E-state index contributed by atoms with van der Waals surface area (Å²) in [5.74, 6) is 0.750. The third-order valence-corrected chi connectivity index (χ3v) is 2.45. The molecule has 0 spiro atoms. The average Bonchev–Trinajstić information content (AvgIpc) is 2.04. The topological polar surface area (TPSA) is 9.23 Å². The predicted octanol–water partition coefficient (Wildman–Crippen LogP) is 3.67. The molecular weight excluding hydrogens is 160 g/mol. The lowest BCUT2D eigenvalue weighted by molar-refractivity contribution is 0.324. The Balaban J connectivity index is 2.51. The molecule has 1 aliphatic rings. The smallest absolute Gasteiger partial charge is 0.0816 e. The van der Waals surface area contributed by atoms with Crippen LogP contribution in [0.5, 0.6) is 0 Å². The van der Waals surface area contributed by atoms with E-state index in [4.69, 9.17) is 4.74 Å². The van der Waals surface area contributed by atoms with Gasteiger partial charge in [0.2, 0.25) is 0 Å². The van der Waals surface area contributed by atoms with E-state index in [1.807, 2.05) is 6.26 Å². The first-order valence-electron chi connectivity index (χ1n) is 5.08. The summed E-state index contributed by atoms with van der Waals surface area (Å²) < 4.78 is 5.05. The first kappa shape index (κ1) is 10.4. The van der Waals surface area contributed by atoms with Crippen LogP contribution < -0.4 is 0 Å². The minimum absolute atomic E-state index is 0.750. The van der Waals surface area contributed by atoms with Gasteiger partial charge in [-0.25, -0.2) is 0 Å². The zero-order valence-corrected chi connectivity index (χ0v) is 8.97. The number of hydrogen-bond acceptors (Lipinski definition) is 1. The summed E-state index contributed by atoms with van der Waals surface area (Å²) in [4.78, 5) is 0. The largest absolute Gasteiger partial charge is 0.504 e. The van der Waals surface area contributed by atoms with Gasteiger partial charge in [-0.05, 0) is 51.0 Å². The maximum Gasteiger partial charge on any atom is 0.0816 e. The molecule has 0 aliphatic heterocycles. The van der Waals surface area contributed by atoms with E-state index in [-0.39, 0.29) is 0 Å². The van der Waals surface area contributed by atoms with E-state index in [0.29, 0.717) is 0 Å². The Bertz CT molecular complexity index is 209. The Kier molecular flexibility index (Phi) is 4.07. The number of methoxy groups -OCH3 is 1. The molecule has 0 bridgehead atoms. The van der Waals surface area contributed by atoms with Gasteiger partial charge in [-0.15, -0.1) is 0 Å². The molecule has 0 aromatic carbocycles. The van der Waals surface area contributed by atoms with Crippen LogP contribution in [0.2, 0.25) is 0 Å². The summed E-state index contributed by atoms with van der Waals surface area (Å²) in [5.41, 5.74) is 2.90. The number of hydrogen-bond donors (Lipinski definition) is 0. The van der Waals surface area contributed by atoms with Crippen LogP contribution in [0.3, 0.4) is 0 Å². The van der Waals surface area contributed by atoms with Crippen molar-refractivity contribution in [3.05, 3.63) is 23.5 Å². The summed E-state index contributed by atoms with van der Waals surface area (Å²) in [6.45, 7) is 4.35. The van der Waals surface area contributed by atoms with Crippen molar-refractivity contribution in [1.82, 2.24) is 0 Å². The number of allylic oxidation sites excluding steroid dienone is 3. The van der Waals surface area contributed by atoms with Crippen molar-refractivity contribution in [3.63, 3.8) is 0 Å². The van der Waals surface area contributed by atoms with Crippen LogP contribution in [0.1, 0.15) is 39.5 Å². The molecule has 1 fully saturated rings. The third kappa shape index (κ3) is 3.67. The lowest BCUT2D eigenvalue weighted by Crippen LogP contribution is -2.06. The summed E-state index contributed by atoms with van der Waals surface area (Å²) in [5, 5.41) is 0. The fraction of sp³-hybridized carbons (Fsp3) is 0.667. The first-order valence-corrected chi connectivity index (χ1v) is 5.08. The van der Waals surface area contributed by atoms with Gasteiger partial charge in [0.25, 0.3) is 0 Å². The SMILES string of the molecule is CO/C=C1\CCCC(C=C(C)C)C1. The first-order chi connectivity index (χ1) is 6.22. The van der Waals surface area contributed by atoms with Gasteiger partial charge >= 0.3 is 0 Å². The van der Waals surface area contributed by atoms with Crippen LogP contribution in [-0.4, -0.2) is 7.11 Å². The zero-order valence-electron chi connectivity index (χ0n) is 8.97. The molecular formula is C12H20O. The van der Waals surface area contributed by atoms with E-state index < -0.39 is 0 Å². The van der Waals surface area contributed by atoms with Crippen LogP contribution >= 0.6 is 0 Å². The second-order valence-electron chi connectivity index (χ2n) is 4.11. The Hall–Kier alpha value is -0.720. The molecule has 1 unspecified atom stereocenters. The molecule has 0 amide bonds. The van der Waals surface area contributed by atoms with Crippen molar-refractivity contribution in [2.45, 2.75) is 39.5 Å². The van der Waals surface area contributed by atoms with E-state index in [1.54, 1.807) is 7.11 Å². The fourth-order valence-electron chi connectivity index (χ4n) is 2.02. The molecule has 0 N–H and O–H groups in total. The molecule has 1 saturated carbocycles. The molecule has 1 aliphatic carbocycles. The fourth-order valence-corrected chi connectivity index (χ4v) is 2.02. The van der Waals surface area contributed by atoms with Gasteiger partial charge in [0.15, 0.2) is 0 Å². The van der Waals surface area contributed by atoms with Gasteiger partial charge in [0.05, 0.1) is 13.4 Å². The van der Waals surface area contributed by atoms with E-state index in [1.165, 1.54) is 36.8 Å². The van der Waals surface area contributed by atoms with Crippen LogP contribution in [0.4, 0.5) is 0 Å². The van der Waals surface area contributed by atoms with Crippen molar-refractivity contribution in [2.24, 2.45) is 5.92 Å². The molecule has 0 saturated heterocycles. The lowest BCUT2D eigenvalue weighted by Gasteiger charge is -2.21. The van der Waals surface area contributed by atoms with Crippen molar-refractivity contribution < 1.29 is 4.74 Å². The Morgan fingerprint density at radius 3 is 2.85 bits per heavy atom. The Morgan fingerprint density at radius 2 is 2.23 bits per heavy atom. The summed E-state index contributed by atoms with van der Waals surface area (Å²) in [7, 11) is 1.73. The molecule has 0 heterocycles. The highest BCUT2D eigenvalue weighted by molar-refractivity contribution is 5.08. The highest BCUT2D eigenvalue weighted by atomic mass is 16.5. The molecule has 0 radical (unpaired) electrons. The van der Waals surface area contributed by atoms with Gasteiger partial charge in [-0.3, -0.25) is 0 Å². The summed E-state index contributed by atoms with van der Waals surface area (Å²) in [6.07, 6.45) is 9.38. The van der Waals surface area contributed by atoms with Gasteiger partial charge in [0.1, 0.15) is 0 Å². The normalized spacial score (nSPS) is 25.8. The van der Waals surface area contributed by atoms with Gasteiger partial charge < -0.3 is 4.74 Å². The van der Waals surface area contributed by atoms with E-state index in [2.05, 4.69) is 19.9 Å². The van der Waals surface area contributed by atoms with Crippen molar-refractivity contribution in [1.29, 1.82) is 0 Å². The van der Waals surface area contributed by atoms with Crippen LogP contribution in [-0.2, 0) is 4.74 Å². The van der Waals surface area contributed by atoms with Crippen molar-refractivity contribution >= 4 is 0 Å². The maximum atomic E-state index is 5.05. The number of rotatable bonds is 2. The molecule has 0 aromatic rings. The minimum Gasteiger partial charge on any atom is -0.504 e. The quantitative estimate of drug-likeness (QED) is 0.465. The molecule has 1 atom stereocenters. The predicted molar refractivity (Wildman–Crippen MR) is 56.5 cm³/mol. The standard InChI is InChI=1S/C12H20O/c1-10(2)7-11-5-4-6-12(8-11)9-13-3/h7,9,11H,4-6,8H2,1-3H3/b12-9+. The molecule has 1 nitrogen and oxygen atoms in total. The van der Waals surface area contributed by atoms with Crippen LogP contribution in [0, 0.1) is 5.92 Å². The summed E-state index contributed by atoms with van der Waals surface area (Å²) in [6, 6.07) is 0. The molecule has 1 heteroatoms. The van der Waals surface area contributed by atoms with E-state index in [9.17, 15) is 0 Å². The minimum atomic E-state index is 0.750. The van der Waals surface area contributed by atoms with E-state index in [0.717, 1.165) is 5.92 Å². The second-order valence-corrected chi connectivity index (χ2v) is 4.11. The number of ether oxygens (including phenoxy) is 1. The Morgan fingerprint density at radius 1 is 1.46 bits per heavy atom. The zero-order chi connectivity index (χ0) is 9.68.